The predicted molar refractivity (Wildman–Crippen MR) is 49.2 cm³/mol. The summed E-state index contributed by atoms with van der Waals surface area (Å²) in [4.78, 5) is 10.8. The summed E-state index contributed by atoms with van der Waals surface area (Å²) in [6, 6.07) is 0. The zero-order chi connectivity index (χ0) is 9.78. The van der Waals surface area contributed by atoms with Gasteiger partial charge in [-0.15, -0.1) is 0 Å². The number of halogens is 1. The van der Waals surface area contributed by atoms with Gasteiger partial charge in [-0.3, -0.25) is 4.79 Å². The minimum atomic E-state index is -0.149. The molecule has 78 valence electrons. The van der Waals surface area contributed by atoms with Crippen molar-refractivity contribution in [1.82, 2.24) is 5.43 Å². The summed E-state index contributed by atoms with van der Waals surface area (Å²) < 4.78 is 0. The molecule has 0 saturated carbocycles. The van der Waals surface area contributed by atoms with Crippen molar-refractivity contribution in [2.45, 2.75) is 33.2 Å². The van der Waals surface area contributed by atoms with Gasteiger partial charge in [-0.25, -0.2) is 10.9 Å². The second-order valence-corrected chi connectivity index (χ2v) is 3.83. The standard InChI is InChI=1S/C9H18N2O.ClH/c1-6-8(12)10-11-9(4,5)7(2)3;/h6-7,11H,1H2,2-5H3,(H,10,12);1H. The first-order valence-electron chi connectivity index (χ1n) is 4.17. The van der Waals surface area contributed by atoms with E-state index in [1.165, 1.54) is 6.08 Å². The highest BCUT2D eigenvalue weighted by Crippen LogP contribution is 2.08. The van der Waals surface area contributed by atoms with E-state index in [0.29, 0.717) is 5.92 Å². The van der Waals surface area contributed by atoms with Gasteiger partial charge in [0.1, 0.15) is 5.54 Å². The van der Waals surface area contributed by atoms with E-state index in [2.05, 4.69) is 39.7 Å². The Labute approximate surface area is 86.4 Å². The fraction of sp³-hybridized carbons (Fsp3) is 0.667. The van der Waals surface area contributed by atoms with Gasteiger partial charge in [-0.1, -0.05) is 20.4 Å². The molecule has 0 aromatic carbocycles. The molecule has 0 rings (SSSR count). The van der Waals surface area contributed by atoms with Crippen LogP contribution < -0.4 is 23.3 Å². The highest BCUT2D eigenvalue weighted by molar-refractivity contribution is 5.85. The number of amides is 1. The average Bonchev–Trinajstić information content (AvgIpc) is 2.00. The lowest BCUT2D eigenvalue weighted by molar-refractivity contribution is -0.765. The number of quaternary nitrogens is 1. The van der Waals surface area contributed by atoms with Gasteiger partial charge in [-0.2, -0.15) is 0 Å². The fourth-order valence-corrected chi connectivity index (χ4v) is 0.483. The van der Waals surface area contributed by atoms with Crippen LogP contribution in [0.1, 0.15) is 27.7 Å². The van der Waals surface area contributed by atoms with Gasteiger partial charge < -0.3 is 12.4 Å². The Bertz CT molecular complexity index is 178. The molecule has 4 heteroatoms. The second-order valence-electron chi connectivity index (χ2n) is 3.83. The molecule has 3 nitrogen and oxygen atoms in total. The van der Waals surface area contributed by atoms with E-state index < -0.39 is 0 Å². The Morgan fingerprint density at radius 2 is 2.00 bits per heavy atom. The first-order chi connectivity index (χ1) is 5.40. The lowest BCUT2D eigenvalue weighted by Gasteiger charge is -2.25. The molecule has 0 heterocycles. The van der Waals surface area contributed by atoms with E-state index in [1.54, 1.807) is 0 Å². The molecular weight excluding hydrogens is 188 g/mol. The number of nitrogens with one attached hydrogen (secondary N) is 1. The Hall–Kier alpha value is -0.540. The van der Waals surface area contributed by atoms with Crippen LogP contribution in [-0.4, -0.2) is 11.4 Å². The highest BCUT2D eigenvalue weighted by atomic mass is 35.5. The van der Waals surface area contributed by atoms with Crippen molar-refractivity contribution in [2.24, 2.45) is 5.92 Å². The molecule has 0 spiro atoms. The molecule has 0 fully saturated rings. The maximum atomic E-state index is 10.8. The summed E-state index contributed by atoms with van der Waals surface area (Å²) in [5.74, 6) is 0.353. The molecule has 0 radical (unpaired) electrons. The largest absolute Gasteiger partial charge is 1.00 e. The zero-order valence-electron chi connectivity index (χ0n) is 8.73. The van der Waals surface area contributed by atoms with Crippen LogP contribution in [0, 0.1) is 5.92 Å². The van der Waals surface area contributed by atoms with E-state index >= 15 is 0 Å². The molecular formula is C9H19ClN2O. The van der Waals surface area contributed by atoms with Crippen LogP contribution in [0.15, 0.2) is 12.7 Å². The van der Waals surface area contributed by atoms with Gasteiger partial charge in [0.15, 0.2) is 0 Å². The minimum Gasteiger partial charge on any atom is -1.00 e. The average molecular weight is 207 g/mol. The van der Waals surface area contributed by atoms with Crippen molar-refractivity contribution in [2.75, 3.05) is 0 Å². The maximum Gasteiger partial charge on any atom is 0.287 e. The summed E-state index contributed by atoms with van der Waals surface area (Å²) in [7, 11) is 0. The van der Waals surface area contributed by atoms with Gasteiger partial charge in [0.05, 0.1) is 0 Å². The van der Waals surface area contributed by atoms with Crippen LogP contribution in [0.3, 0.4) is 0 Å². The van der Waals surface area contributed by atoms with E-state index in [9.17, 15) is 4.79 Å². The van der Waals surface area contributed by atoms with E-state index in [4.69, 9.17) is 0 Å². The van der Waals surface area contributed by atoms with Crippen molar-refractivity contribution in [1.29, 1.82) is 0 Å². The molecule has 0 bridgehead atoms. The van der Waals surface area contributed by atoms with Gasteiger partial charge in [-0.05, 0) is 13.8 Å². The lowest BCUT2D eigenvalue weighted by Crippen LogP contribution is -3.04. The molecule has 0 atom stereocenters. The topological polar surface area (TPSA) is 45.7 Å². The van der Waals surface area contributed by atoms with Crippen LogP contribution >= 0.6 is 0 Å². The van der Waals surface area contributed by atoms with E-state index in [1.807, 2.05) is 5.43 Å². The highest BCUT2D eigenvalue weighted by Gasteiger charge is 2.26. The zero-order valence-corrected chi connectivity index (χ0v) is 9.48. The monoisotopic (exact) mass is 206 g/mol. The Morgan fingerprint density at radius 1 is 1.54 bits per heavy atom. The number of carbonyl (C=O) groups is 1. The molecule has 0 aliphatic rings. The molecule has 0 aromatic rings. The van der Waals surface area contributed by atoms with Crippen molar-refractivity contribution in [3.8, 4) is 0 Å². The first kappa shape index (κ1) is 15.0. The second kappa shape index (κ2) is 6.00. The van der Waals surface area contributed by atoms with Crippen LogP contribution in [0.4, 0.5) is 0 Å². The van der Waals surface area contributed by atoms with Crippen LogP contribution in [0.5, 0.6) is 0 Å². The van der Waals surface area contributed by atoms with Gasteiger partial charge >= 0.3 is 0 Å². The Morgan fingerprint density at radius 3 is 2.31 bits per heavy atom. The number of rotatable bonds is 4. The minimum absolute atomic E-state index is 0. The van der Waals surface area contributed by atoms with Crippen LogP contribution in [0.25, 0.3) is 0 Å². The molecule has 0 unspecified atom stereocenters. The third kappa shape index (κ3) is 5.66. The summed E-state index contributed by atoms with van der Waals surface area (Å²) >= 11 is 0. The van der Waals surface area contributed by atoms with E-state index in [-0.39, 0.29) is 23.9 Å². The molecule has 13 heavy (non-hydrogen) atoms. The van der Waals surface area contributed by atoms with Crippen molar-refractivity contribution in [3.63, 3.8) is 0 Å². The summed E-state index contributed by atoms with van der Waals surface area (Å²) in [6.45, 7) is 11.8. The smallest absolute Gasteiger partial charge is 0.287 e. The van der Waals surface area contributed by atoms with Gasteiger partial charge in [0.25, 0.3) is 5.91 Å². The van der Waals surface area contributed by atoms with Crippen molar-refractivity contribution >= 4 is 5.91 Å². The fourth-order valence-electron chi connectivity index (χ4n) is 0.483. The van der Waals surface area contributed by atoms with Crippen molar-refractivity contribution < 1.29 is 22.6 Å². The SMILES string of the molecule is C=CC(=O)N[NH2+]C(C)(C)C(C)C.[Cl-]. The first-order valence-corrected chi connectivity index (χ1v) is 4.17. The Balaban J connectivity index is 0. The number of hydrogen-bond donors (Lipinski definition) is 2. The predicted octanol–water partition coefficient (Wildman–Crippen LogP) is -2.79. The molecule has 0 aliphatic carbocycles. The molecule has 0 aliphatic heterocycles. The number of hydrogen-bond acceptors (Lipinski definition) is 1. The van der Waals surface area contributed by atoms with Gasteiger partial charge in [0.2, 0.25) is 0 Å². The normalized spacial score (nSPS) is 10.5. The van der Waals surface area contributed by atoms with Crippen LogP contribution in [-0.2, 0) is 4.79 Å². The third-order valence-electron chi connectivity index (χ3n) is 2.26. The maximum absolute atomic E-state index is 10.8. The van der Waals surface area contributed by atoms with E-state index in [0.717, 1.165) is 0 Å². The summed E-state index contributed by atoms with van der Waals surface area (Å²) in [5, 5.41) is 0. The molecule has 0 saturated heterocycles. The summed E-state index contributed by atoms with van der Waals surface area (Å²) in [5.41, 5.74) is 4.52. The molecule has 3 N–H and O–H groups in total. The summed E-state index contributed by atoms with van der Waals surface area (Å²) in [6.07, 6.45) is 1.27. The Kier molecular flexibility index (Phi) is 6.90. The van der Waals surface area contributed by atoms with Crippen molar-refractivity contribution in [3.05, 3.63) is 12.7 Å². The molecule has 1 amide bonds. The van der Waals surface area contributed by atoms with Crippen LogP contribution in [0.2, 0.25) is 0 Å². The quantitative estimate of drug-likeness (QED) is 0.222. The number of carbonyl (C=O) groups excluding carboxylic acids is 1. The van der Waals surface area contributed by atoms with Gasteiger partial charge in [0, 0.05) is 12.0 Å². The molecule has 0 aromatic heterocycles. The number of nitrogens with two attached hydrogens (primary N) is 1. The lowest BCUT2D eigenvalue weighted by atomic mass is 9.92. The third-order valence-corrected chi connectivity index (χ3v) is 2.26.